The van der Waals surface area contributed by atoms with Crippen molar-refractivity contribution in [1.82, 2.24) is 0 Å². The lowest BCUT2D eigenvalue weighted by Crippen LogP contribution is -2.39. The smallest absolute Gasteiger partial charge is 0.221 e. The molecule has 0 aliphatic rings. The van der Waals surface area contributed by atoms with E-state index in [0.29, 0.717) is 12.9 Å². The summed E-state index contributed by atoms with van der Waals surface area (Å²) in [6.07, 6.45) is 0.604. The number of nitrogens with zero attached hydrogens (tertiary/aromatic N) is 1. The highest BCUT2D eigenvalue weighted by molar-refractivity contribution is 7.84. The molecule has 4 aromatic rings. The van der Waals surface area contributed by atoms with Crippen molar-refractivity contribution in [3.63, 3.8) is 0 Å². The van der Waals surface area contributed by atoms with E-state index in [1.807, 2.05) is 24.3 Å². The van der Waals surface area contributed by atoms with Gasteiger partial charge in [0.05, 0.1) is 20.9 Å². The van der Waals surface area contributed by atoms with Gasteiger partial charge in [0.15, 0.2) is 6.54 Å². The summed E-state index contributed by atoms with van der Waals surface area (Å²) in [5, 5.41) is 3.45. The van der Waals surface area contributed by atoms with Gasteiger partial charge in [0, 0.05) is 41.8 Å². The molecule has 0 aliphatic heterocycles. The van der Waals surface area contributed by atoms with Gasteiger partial charge in [-0.2, -0.15) is 4.57 Å². The fraction of sp³-hybridized carbons (Fsp3) is 0.174. The zero-order valence-corrected chi connectivity index (χ0v) is 18.2. The first-order valence-corrected chi connectivity index (χ1v) is 11.4. The Balaban J connectivity index is 0.000000491. The lowest BCUT2D eigenvalue weighted by molar-refractivity contribution is -0.661. The van der Waals surface area contributed by atoms with Gasteiger partial charge in [-0.25, -0.2) is 8.42 Å². The number of hydrogen-bond acceptors (Lipinski definition) is 6. The molecule has 0 bridgehead atoms. The van der Waals surface area contributed by atoms with Crippen molar-refractivity contribution in [2.45, 2.75) is 6.54 Å². The molecule has 1 aromatic heterocycles. The third-order valence-corrected chi connectivity index (χ3v) is 4.74. The number of nitrogen functional groups attached to an aromatic ring is 2. The average Bonchev–Trinajstić information content (AvgIpc) is 2.71. The zero-order valence-electron chi connectivity index (χ0n) is 17.4. The summed E-state index contributed by atoms with van der Waals surface area (Å²) in [5.41, 5.74) is 17.1. The van der Waals surface area contributed by atoms with Gasteiger partial charge in [0.25, 0.3) is 0 Å². The Kier molecular flexibility index (Phi) is 6.74. The average molecular weight is 440 g/mol. The van der Waals surface area contributed by atoms with Crippen LogP contribution in [0.1, 0.15) is 0 Å². The number of rotatable bonds is 4. The van der Waals surface area contributed by atoms with Crippen molar-refractivity contribution in [3.05, 3.63) is 66.7 Å². The van der Waals surface area contributed by atoms with Gasteiger partial charge in [0.2, 0.25) is 11.2 Å². The summed E-state index contributed by atoms with van der Waals surface area (Å²) in [6, 6.07) is 22.5. The van der Waals surface area contributed by atoms with Crippen LogP contribution in [0.2, 0.25) is 0 Å². The lowest BCUT2D eigenvalue weighted by atomic mass is 9.98. The molecule has 8 heteroatoms. The molecule has 162 valence electrons. The zero-order chi connectivity index (χ0) is 22.6. The molecule has 4 rings (SSSR count). The van der Waals surface area contributed by atoms with Crippen LogP contribution in [0.4, 0.5) is 11.4 Å². The van der Waals surface area contributed by atoms with Crippen molar-refractivity contribution in [1.29, 1.82) is 0 Å². The largest absolute Gasteiger partial charge is 0.748 e. The molecule has 0 saturated heterocycles. The maximum Gasteiger partial charge on any atom is 0.221 e. The predicted molar refractivity (Wildman–Crippen MR) is 123 cm³/mol. The molecule has 0 spiro atoms. The molecule has 1 heterocycles. The van der Waals surface area contributed by atoms with Crippen LogP contribution in [-0.2, 0) is 21.4 Å². The van der Waals surface area contributed by atoms with E-state index in [9.17, 15) is 0 Å². The molecular weight excluding hydrogens is 414 g/mol. The number of pyridine rings is 1. The Morgan fingerprint density at radius 1 is 0.903 bits per heavy atom. The molecule has 31 heavy (non-hydrogen) atoms. The first-order chi connectivity index (χ1) is 14.7. The second-order valence-corrected chi connectivity index (χ2v) is 8.55. The van der Waals surface area contributed by atoms with Gasteiger partial charge in [-0.1, -0.05) is 24.3 Å². The van der Waals surface area contributed by atoms with E-state index in [1.165, 1.54) is 5.39 Å². The van der Waals surface area contributed by atoms with E-state index in [-0.39, 0.29) is 0 Å². The van der Waals surface area contributed by atoms with Gasteiger partial charge in [-0.3, -0.25) is 0 Å². The standard InChI is InChI=1S/C22H21N3O.CH4O3S/c1-26-12-11-25-21-14-17(24)8-10-19(21)18-9-7-16(23)13-20(18)22(25)15-5-3-2-4-6-15;1-5(2,3)4/h2-10,13-14,24H,11-12,23H2,1H3;1H3,(H,2,3,4). The van der Waals surface area contributed by atoms with E-state index < -0.39 is 10.1 Å². The van der Waals surface area contributed by atoms with Crippen LogP contribution in [0.15, 0.2) is 66.7 Å². The number of benzene rings is 3. The number of fused-ring (bicyclic) bond motifs is 3. The predicted octanol–water partition coefficient (Wildman–Crippen LogP) is 2.92. The van der Waals surface area contributed by atoms with Crippen LogP contribution in [0.5, 0.6) is 0 Å². The molecular formula is C23H25N3O4S. The van der Waals surface area contributed by atoms with E-state index in [2.05, 4.69) is 47.0 Å². The minimum atomic E-state index is -3.92. The topological polar surface area (TPSA) is 122 Å². The van der Waals surface area contributed by atoms with Gasteiger partial charge in [0.1, 0.15) is 6.61 Å². The Morgan fingerprint density at radius 3 is 2.10 bits per heavy atom. The number of methoxy groups -OCH3 is 1. The molecule has 0 radical (unpaired) electrons. The normalized spacial score (nSPS) is 11.3. The highest BCUT2D eigenvalue weighted by atomic mass is 32.2. The fourth-order valence-corrected chi connectivity index (χ4v) is 3.58. The van der Waals surface area contributed by atoms with Crippen molar-refractivity contribution >= 4 is 43.2 Å². The quantitative estimate of drug-likeness (QED) is 0.218. The molecule has 0 fully saturated rings. The molecule has 0 unspecified atom stereocenters. The van der Waals surface area contributed by atoms with Crippen molar-refractivity contribution in [2.75, 3.05) is 31.4 Å². The molecule has 0 saturated carbocycles. The van der Waals surface area contributed by atoms with Crippen molar-refractivity contribution in [3.8, 4) is 11.3 Å². The number of ether oxygens (including phenoxy) is 1. The SMILES string of the molecule is COCC[n+]1c(-c2ccccc2)c2cc(N)ccc2c2ccc(N)cc21.CS(=O)(=O)[O-]. The number of hydrogen-bond donors (Lipinski definition) is 2. The maximum atomic E-state index is 9.08. The summed E-state index contributed by atoms with van der Waals surface area (Å²) in [4.78, 5) is 0. The van der Waals surface area contributed by atoms with E-state index >= 15 is 0 Å². The van der Waals surface area contributed by atoms with Gasteiger partial charge >= 0.3 is 0 Å². The van der Waals surface area contributed by atoms with Crippen LogP contribution in [-0.4, -0.2) is 32.9 Å². The molecule has 7 nitrogen and oxygen atoms in total. The van der Waals surface area contributed by atoms with Crippen LogP contribution < -0.4 is 16.0 Å². The number of aromatic nitrogens is 1. The van der Waals surface area contributed by atoms with Gasteiger partial charge < -0.3 is 20.8 Å². The molecule has 0 aliphatic carbocycles. The Labute approximate surface area is 181 Å². The highest BCUT2D eigenvalue weighted by Gasteiger charge is 2.23. The summed E-state index contributed by atoms with van der Waals surface area (Å²) in [5.74, 6) is 0. The number of nitrogens with two attached hydrogens (primary N) is 2. The van der Waals surface area contributed by atoms with Gasteiger partial charge in [-0.05, 0) is 36.4 Å². The van der Waals surface area contributed by atoms with Crippen LogP contribution in [0.3, 0.4) is 0 Å². The van der Waals surface area contributed by atoms with Gasteiger partial charge in [-0.15, -0.1) is 0 Å². The third kappa shape index (κ3) is 5.49. The second-order valence-electron chi connectivity index (χ2n) is 7.14. The van der Waals surface area contributed by atoms with Crippen LogP contribution in [0.25, 0.3) is 32.9 Å². The minimum Gasteiger partial charge on any atom is -0.748 e. The minimum absolute atomic E-state index is 0.604. The maximum absolute atomic E-state index is 9.08. The summed E-state index contributed by atoms with van der Waals surface area (Å²) < 4.78 is 34.9. The molecule has 0 atom stereocenters. The number of anilines is 2. The second kappa shape index (κ2) is 9.30. The molecule has 4 N–H and O–H groups in total. The Morgan fingerprint density at radius 2 is 1.48 bits per heavy atom. The van der Waals surface area contributed by atoms with Crippen molar-refractivity contribution < 1.29 is 22.3 Å². The Bertz CT molecular complexity index is 1320. The summed E-state index contributed by atoms with van der Waals surface area (Å²) in [7, 11) is -2.20. The van der Waals surface area contributed by atoms with Crippen LogP contribution >= 0.6 is 0 Å². The lowest BCUT2D eigenvalue weighted by Gasteiger charge is -2.13. The van der Waals surface area contributed by atoms with Crippen molar-refractivity contribution in [2.24, 2.45) is 0 Å². The molecule has 3 aromatic carbocycles. The first kappa shape index (κ1) is 22.5. The Hall–Kier alpha value is -3.20. The third-order valence-electron chi connectivity index (χ3n) is 4.74. The summed E-state index contributed by atoms with van der Waals surface area (Å²) >= 11 is 0. The van der Waals surface area contributed by atoms with E-state index in [0.717, 1.165) is 45.5 Å². The van der Waals surface area contributed by atoms with E-state index in [4.69, 9.17) is 29.2 Å². The first-order valence-electron chi connectivity index (χ1n) is 9.58. The fourth-order valence-electron chi connectivity index (χ4n) is 3.58. The molecule has 0 amide bonds. The monoisotopic (exact) mass is 439 g/mol. The highest BCUT2D eigenvalue weighted by Crippen LogP contribution is 2.33. The van der Waals surface area contributed by atoms with Crippen LogP contribution in [0, 0.1) is 0 Å². The van der Waals surface area contributed by atoms with E-state index in [1.54, 1.807) is 7.11 Å². The summed E-state index contributed by atoms with van der Waals surface area (Å²) in [6.45, 7) is 1.34.